The van der Waals surface area contributed by atoms with Gasteiger partial charge in [-0.2, -0.15) is 0 Å². The number of rotatable bonds is 11. The molecule has 0 unspecified atom stereocenters. The van der Waals surface area contributed by atoms with E-state index in [-0.39, 0.29) is 17.9 Å². The number of fused-ring (bicyclic) bond motifs is 3. The smallest absolute Gasteiger partial charge is 0.137 e. The first-order chi connectivity index (χ1) is 15.9. The summed E-state index contributed by atoms with van der Waals surface area (Å²) in [5.41, 5.74) is 2.96. The van der Waals surface area contributed by atoms with Crippen LogP contribution in [-0.4, -0.2) is 59.6 Å². The van der Waals surface area contributed by atoms with Crippen molar-refractivity contribution in [2.24, 2.45) is 5.92 Å². The molecule has 0 aliphatic carbocycles. The number of benzene rings is 2. The van der Waals surface area contributed by atoms with Crippen LogP contribution in [0, 0.1) is 5.92 Å². The van der Waals surface area contributed by atoms with Crippen LogP contribution < -0.4 is 10.1 Å². The summed E-state index contributed by atoms with van der Waals surface area (Å²) >= 11 is 0. The summed E-state index contributed by atoms with van der Waals surface area (Å²) in [5.74, 6) is 2.13. The summed E-state index contributed by atoms with van der Waals surface area (Å²) in [7, 11) is 0. The molecule has 0 aromatic heterocycles. The van der Waals surface area contributed by atoms with E-state index in [1.807, 2.05) is 12.1 Å². The largest absolute Gasteiger partial charge is 0.508 e. The van der Waals surface area contributed by atoms with Crippen molar-refractivity contribution in [2.45, 2.75) is 58.1 Å². The van der Waals surface area contributed by atoms with E-state index in [1.54, 1.807) is 6.07 Å². The van der Waals surface area contributed by atoms with Crippen LogP contribution in [0.15, 0.2) is 42.5 Å². The van der Waals surface area contributed by atoms with Crippen LogP contribution in [0.25, 0.3) is 0 Å². The van der Waals surface area contributed by atoms with E-state index in [0.717, 1.165) is 49.8 Å². The maximum atomic E-state index is 9.72. The molecule has 5 rings (SSSR count). The Morgan fingerprint density at radius 3 is 2.33 bits per heavy atom. The predicted octanol–water partition coefficient (Wildman–Crippen LogP) is 4.05. The number of aliphatic hydroxyl groups is 1. The molecule has 3 fully saturated rings. The van der Waals surface area contributed by atoms with E-state index >= 15 is 0 Å². The van der Waals surface area contributed by atoms with Crippen molar-refractivity contribution in [3.63, 3.8) is 0 Å². The third kappa shape index (κ3) is 6.50. The molecule has 3 aliphatic rings. The molecule has 0 saturated carbocycles. The van der Waals surface area contributed by atoms with Crippen molar-refractivity contribution in [1.82, 2.24) is 5.32 Å². The molecular formula is C28H41N2O3+. The summed E-state index contributed by atoms with van der Waals surface area (Å²) in [6, 6.07) is 14.0. The SMILES string of the molecule is CC(C)(Cc1ccc(OCC[N+]23CCC(CC2)CC3)cc1)NCCc1ccc(O)c(CO)c1. The minimum absolute atomic E-state index is 0.0322. The zero-order valence-electron chi connectivity index (χ0n) is 20.4. The van der Waals surface area contributed by atoms with Crippen LogP contribution >= 0.6 is 0 Å². The lowest BCUT2D eigenvalue weighted by atomic mass is 9.86. The van der Waals surface area contributed by atoms with Crippen LogP contribution in [0.1, 0.15) is 49.8 Å². The second-order valence-electron chi connectivity index (χ2n) is 10.8. The highest BCUT2D eigenvalue weighted by Crippen LogP contribution is 2.33. The first kappa shape index (κ1) is 24.1. The Morgan fingerprint density at radius 1 is 1.00 bits per heavy atom. The number of nitrogens with zero attached hydrogens (tertiary/aromatic N) is 1. The van der Waals surface area contributed by atoms with Gasteiger partial charge in [0.1, 0.15) is 24.7 Å². The Kier molecular flexibility index (Phi) is 7.62. The minimum Gasteiger partial charge on any atom is -0.508 e. The number of aromatic hydroxyl groups is 1. The van der Waals surface area contributed by atoms with Gasteiger partial charge in [0.2, 0.25) is 0 Å². The van der Waals surface area contributed by atoms with Gasteiger partial charge in [-0.05, 0) is 93.8 Å². The fourth-order valence-corrected chi connectivity index (χ4v) is 5.57. The van der Waals surface area contributed by atoms with Gasteiger partial charge in [-0.25, -0.2) is 0 Å². The number of ether oxygens (including phenoxy) is 1. The Hall–Kier alpha value is -2.08. The molecule has 180 valence electrons. The molecule has 5 heteroatoms. The average molecular weight is 454 g/mol. The second-order valence-corrected chi connectivity index (χ2v) is 10.8. The number of aliphatic hydroxyl groups excluding tert-OH is 1. The van der Waals surface area contributed by atoms with Crippen molar-refractivity contribution >= 4 is 0 Å². The molecule has 2 bridgehead atoms. The highest BCUT2D eigenvalue weighted by atomic mass is 16.5. The lowest BCUT2D eigenvalue weighted by molar-refractivity contribution is -0.942. The fourth-order valence-electron chi connectivity index (χ4n) is 5.57. The summed E-state index contributed by atoms with van der Waals surface area (Å²) in [6.45, 7) is 11.2. The standard InChI is InChI=1S/C28H40N2O3/c1-28(2,29-13-9-23-5-8-27(32)25(19-23)21-31)20-24-3-6-26(7-4-24)33-18-17-30-14-10-22(11-15-30)12-16-30/h3-8,19,22,29,31H,9-18,20-21H2,1-2H3/p+1. The number of quaternary nitrogens is 1. The second kappa shape index (κ2) is 10.5. The van der Waals surface area contributed by atoms with Gasteiger partial charge in [0, 0.05) is 11.1 Å². The zero-order valence-corrected chi connectivity index (χ0v) is 20.4. The summed E-state index contributed by atoms with van der Waals surface area (Å²) in [5, 5.41) is 22.7. The average Bonchev–Trinajstić information content (AvgIpc) is 2.82. The normalized spacial score (nSPS) is 22.5. The van der Waals surface area contributed by atoms with Crippen molar-refractivity contribution in [1.29, 1.82) is 0 Å². The van der Waals surface area contributed by atoms with E-state index in [9.17, 15) is 10.2 Å². The number of phenols is 1. The number of hydrogen-bond acceptors (Lipinski definition) is 4. The molecule has 0 amide bonds. The Bertz CT molecular complexity index is 888. The molecule has 0 radical (unpaired) electrons. The molecule has 0 atom stereocenters. The highest BCUT2D eigenvalue weighted by Gasteiger charge is 2.39. The highest BCUT2D eigenvalue weighted by molar-refractivity contribution is 5.35. The van der Waals surface area contributed by atoms with Gasteiger partial charge in [0.05, 0.1) is 26.2 Å². The van der Waals surface area contributed by atoms with E-state index < -0.39 is 0 Å². The van der Waals surface area contributed by atoms with Crippen LogP contribution in [0.3, 0.4) is 0 Å². The Balaban J connectivity index is 1.20. The first-order valence-corrected chi connectivity index (χ1v) is 12.6. The molecule has 3 N–H and O–H groups in total. The maximum absolute atomic E-state index is 9.72. The lowest BCUT2D eigenvalue weighted by Gasteiger charge is -2.49. The van der Waals surface area contributed by atoms with Crippen molar-refractivity contribution < 1.29 is 19.4 Å². The first-order valence-electron chi connectivity index (χ1n) is 12.6. The topological polar surface area (TPSA) is 61.7 Å². The lowest BCUT2D eigenvalue weighted by Crippen LogP contribution is -2.59. The molecule has 0 spiro atoms. The molecule has 3 aliphatic heterocycles. The van der Waals surface area contributed by atoms with Crippen molar-refractivity contribution in [3.8, 4) is 11.5 Å². The van der Waals surface area contributed by atoms with E-state index in [0.29, 0.717) is 5.56 Å². The number of hydrogen-bond donors (Lipinski definition) is 3. The molecular weight excluding hydrogens is 412 g/mol. The van der Waals surface area contributed by atoms with Crippen LogP contribution in [-0.2, 0) is 19.4 Å². The molecule has 33 heavy (non-hydrogen) atoms. The molecule has 5 nitrogen and oxygen atoms in total. The van der Waals surface area contributed by atoms with Crippen molar-refractivity contribution in [3.05, 3.63) is 59.2 Å². The van der Waals surface area contributed by atoms with E-state index in [4.69, 9.17) is 4.74 Å². The Morgan fingerprint density at radius 2 is 1.67 bits per heavy atom. The van der Waals surface area contributed by atoms with Crippen LogP contribution in [0.5, 0.6) is 11.5 Å². The summed E-state index contributed by atoms with van der Waals surface area (Å²) < 4.78 is 7.39. The number of nitrogens with one attached hydrogen (secondary N) is 1. The number of piperidine rings is 3. The summed E-state index contributed by atoms with van der Waals surface area (Å²) in [6.07, 6.45) is 6.03. The van der Waals surface area contributed by atoms with Gasteiger partial charge in [-0.3, -0.25) is 0 Å². The third-order valence-electron chi connectivity index (χ3n) is 7.77. The van der Waals surface area contributed by atoms with Gasteiger partial charge < -0.3 is 24.7 Å². The van der Waals surface area contributed by atoms with E-state index in [2.05, 4.69) is 43.4 Å². The Labute approximate surface area is 199 Å². The molecule has 3 heterocycles. The fraction of sp³-hybridized carbons (Fsp3) is 0.571. The molecule has 3 saturated heterocycles. The van der Waals surface area contributed by atoms with Gasteiger partial charge in [-0.1, -0.05) is 18.2 Å². The molecule has 2 aromatic rings. The maximum Gasteiger partial charge on any atom is 0.137 e. The third-order valence-corrected chi connectivity index (χ3v) is 7.77. The minimum atomic E-state index is -0.140. The van der Waals surface area contributed by atoms with E-state index in [1.165, 1.54) is 48.9 Å². The van der Waals surface area contributed by atoms with Crippen LogP contribution in [0.2, 0.25) is 0 Å². The van der Waals surface area contributed by atoms with Gasteiger partial charge >= 0.3 is 0 Å². The quantitative estimate of drug-likeness (QED) is 0.449. The predicted molar refractivity (Wildman–Crippen MR) is 133 cm³/mol. The van der Waals surface area contributed by atoms with Crippen molar-refractivity contribution in [2.75, 3.05) is 39.3 Å². The zero-order chi connectivity index (χ0) is 23.3. The van der Waals surface area contributed by atoms with Gasteiger partial charge in [-0.15, -0.1) is 0 Å². The van der Waals surface area contributed by atoms with Crippen LogP contribution in [0.4, 0.5) is 0 Å². The summed E-state index contributed by atoms with van der Waals surface area (Å²) in [4.78, 5) is 0. The molecule has 2 aromatic carbocycles. The monoisotopic (exact) mass is 453 g/mol. The van der Waals surface area contributed by atoms with Gasteiger partial charge in [0.15, 0.2) is 0 Å². The van der Waals surface area contributed by atoms with Gasteiger partial charge in [0.25, 0.3) is 0 Å².